The average molecular weight is 693 g/mol. The highest BCUT2D eigenvalue weighted by molar-refractivity contribution is 7.99. The third kappa shape index (κ3) is 14.4. The number of phosphoric acid groups is 1. The zero-order chi connectivity index (χ0) is 33.4. The Kier molecular flexibility index (Phi) is 14.2. The number of thioether (sulfide) groups is 1. The summed E-state index contributed by atoms with van der Waals surface area (Å²) in [6.07, 6.45) is 2.22. The number of nitrogens with zero attached hydrogens (tertiary/aromatic N) is 1. The minimum atomic E-state index is -4.07. The van der Waals surface area contributed by atoms with Crippen molar-refractivity contribution >= 4 is 39.4 Å². The van der Waals surface area contributed by atoms with Crippen LogP contribution in [-0.2, 0) is 44.4 Å². The van der Waals surface area contributed by atoms with Gasteiger partial charge in [0, 0.05) is 23.4 Å². The van der Waals surface area contributed by atoms with Crippen LogP contribution in [0.2, 0.25) is 0 Å². The fraction of sp³-hybridized carbons (Fsp3) is 0.600. The Labute approximate surface area is 269 Å². The van der Waals surface area contributed by atoms with E-state index in [4.69, 9.17) is 18.7 Å². The molecule has 0 saturated heterocycles. The van der Waals surface area contributed by atoms with Crippen LogP contribution in [-0.4, -0.2) is 71.2 Å². The lowest BCUT2D eigenvalue weighted by molar-refractivity contribution is 0.00104. The van der Waals surface area contributed by atoms with E-state index in [1.807, 2.05) is 37.3 Å². The van der Waals surface area contributed by atoms with Crippen LogP contribution >= 0.6 is 19.6 Å². The molecule has 2 rings (SSSR count). The molecule has 2 aromatic rings. The third-order valence-corrected chi connectivity index (χ3v) is 11.6. The van der Waals surface area contributed by atoms with Crippen LogP contribution in [0.3, 0.4) is 0 Å². The number of sulfonamides is 1. The van der Waals surface area contributed by atoms with E-state index in [1.54, 1.807) is 59.4 Å². The Balaban J connectivity index is 2.21. The summed E-state index contributed by atoms with van der Waals surface area (Å²) in [6, 6.07) is 14.0. The monoisotopic (exact) mass is 692 g/mol. The molecule has 0 fully saturated rings. The standard InChI is InChI=1S/C30H49N2O8PS3/c1-9-32(19-20-38-41(33,39-29(2,3)4)40-30(5,6)7)18-17-24(23-42-26-13-11-10-12-14-26)21-25-15-16-27(44(31,36)37)22-28(25)43(8,34)35/h10-16,22,24H,9,17-21,23H2,1-8H3,(H2,31,36,37)/t24-/m0/s1. The molecule has 0 radical (unpaired) electrons. The Morgan fingerprint density at radius 1 is 0.932 bits per heavy atom. The molecular weight excluding hydrogens is 644 g/mol. The summed E-state index contributed by atoms with van der Waals surface area (Å²) >= 11 is 1.68. The molecule has 0 aliphatic carbocycles. The number of nitrogens with two attached hydrogens (primary N) is 1. The molecule has 1 atom stereocenters. The van der Waals surface area contributed by atoms with Gasteiger partial charge in [0.25, 0.3) is 0 Å². The van der Waals surface area contributed by atoms with E-state index in [9.17, 15) is 21.4 Å². The van der Waals surface area contributed by atoms with Crippen LogP contribution in [0.25, 0.3) is 0 Å². The molecule has 2 aromatic carbocycles. The van der Waals surface area contributed by atoms with E-state index in [0.717, 1.165) is 23.6 Å². The molecule has 0 aliphatic rings. The summed E-state index contributed by atoms with van der Waals surface area (Å²) < 4.78 is 79.8. The average Bonchev–Trinajstić information content (AvgIpc) is 2.86. The molecule has 250 valence electrons. The van der Waals surface area contributed by atoms with Crippen molar-refractivity contribution in [2.75, 3.05) is 38.2 Å². The first-order valence-corrected chi connectivity index (χ1v) is 20.4. The van der Waals surface area contributed by atoms with Gasteiger partial charge in [0.2, 0.25) is 10.0 Å². The smallest absolute Gasteiger partial charge is 0.301 e. The van der Waals surface area contributed by atoms with Gasteiger partial charge in [0.15, 0.2) is 9.84 Å². The quantitative estimate of drug-likeness (QED) is 0.151. The molecule has 0 bridgehead atoms. The van der Waals surface area contributed by atoms with Crippen molar-refractivity contribution < 1.29 is 35.0 Å². The molecule has 0 amide bonds. The summed E-state index contributed by atoms with van der Waals surface area (Å²) in [6.45, 7) is 14.8. The van der Waals surface area contributed by atoms with Gasteiger partial charge in [0.1, 0.15) is 0 Å². The highest BCUT2D eigenvalue weighted by Gasteiger charge is 2.37. The van der Waals surface area contributed by atoms with Crippen LogP contribution < -0.4 is 5.14 Å². The summed E-state index contributed by atoms with van der Waals surface area (Å²) in [5, 5.41) is 5.28. The van der Waals surface area contributed by atoms with Gasteiger partial charge in [-0.1, -0.05) is 31.2 Å². The molecule has 0 spiro atoms. The molecule has 0 saturated carbocycles. The summed E-state index contributed by atoms with van der Waals surface area (Å²) in [4.78, 5) is 2.99. The first-order valence-electron chi connectivity index (χ1n) is 14.5. The molecule has 0 unspecified atom stereocenters. The number of likely N-dealkylation sites (N-methyl/N-ethyl adjacent to an activating group) is 1. The predicted molar refractivity (Wildman–Crippen MR) is 177 cm³/mol. The second kappa shape index (κ2) is 16.0. The number of phosphoric ester groups is 1. The van der Waals surface area contributed by atoms with E-state index in [2.05, 4.69) is 4.90 Å². The lowest BCUT2D eigenvalue weighted by Gasteiger charge is -2.31. The zero-order valence-corrected chi connectivity index (χ0v) is 30.5. The van der Waals surface area contributed by atoms with E-state index >= 15 is 0 Å². The fourth-order valence-corrected chi connectivity index (χ4v) is 8.76. The van der Waals surface area contributed by atoms with Crippen LogP contribution in [0.1, 0.15) is 60.5 Å². The number of hydrogen-bond acceptors (Lipinski definition) is 10. The van der Waals surface area contributed by atoms with Gasteiger partial charge in [-0.2, -0.15) is 0 Å². The zero-order valence-electron chi connectivity index (χ0n) is 27.1. The molecule has 10 nitrogen and oxygen atoms in total. The highest BCUT2D eigenvalue weighted by atomic mass is 32.2. The number of benzene rings is 2. The third-order valence-electron chi connectivity index (χ3n) is 6.23. The molecule has 14 heteroatoms. The second-order valence-electron chi connectivity index (χ2n) is 12.7. The Morgan fingerprint density at radius 3 is 2.02 bits per heavy atom. The van der Waals surface area contributed by atoms with Crippen LogP contribution in [0.5, 0.6) is 0 Å². The van der Waals surface area contributed by atoms with Crippen molar-refractivity contribution in [1.29, 1.82) is 0 Å². The second-order valence-corrected chi connectivity index (χ2v) is 18.8. The van der Waals surface area contributed by atoms with E-state index in [0.29, 0.717) is 37.4 Å². The highest BCUT2D eigenvalue weighted by Crippen LogP contribution is 2.55. The maximum Gasteiger partial charge on any atom is 0.475 e. The Bertz CT molecular complexity index is 1450. The van der Waals surface area contributed by atoms with Gasteiger partial charge in [-0.05, 0) is 103 Å². The van der Waals surface area contributed by atoms with Crippen LogP contribution in [0.15, 0.2) is 63.2 Å². The fourth-order valence-electron chi connectivity index (χ4n) is 4.33. The van der Waals surface area contributed by atoms with Crippen molar-refractivity contribution in [2.45, 2.75) is 87.2 Å². The molecule has 0 heterocycles. The van der Waals surface area contributed by atoms with Crippen molar-refractivity contribution in [1.82, 2.24) is 4.90 Å². The van der Waals surface area contributed by atoms with Crippen molar-refractivity contribution in [3.63, 3.8) is 0 Å². The van der Waals surface area contributed by atoms with E-state index in [-0.39, 0.29) is 22.3 Å². The van der Waals surface area contributed by atoms with Crippen LogP contribution in [0.4, 0.5) is 0 Å². The Hall–Kier alpha value is -1.28. The normalized spacial score (nSPS) is 14.2. The van der Waals surface area contributed by atoms with Gasteiger partial charge < -0.3 is 4.90 Å². The molecule has 44 heavy (non-hydrogen) atoms. The van der Waals surface area contributed by atoms with Gasteiger partial charge in [-0.3, -0.25) is 13.6 Å². The molecule has 2 N–H and O–H groups in total. The SMILES string of the molecule is CCN(CCOP(=O)(OC(C)(C)C)OC(C)(C)C)CC[C@H](CSc1ccccc1)Cc1ccc(S(N)(=O)=O)cc1S(C)(=O)=O. The molecule has 0 aliphatic heterocycles. The molecule has 0 aromatic heterocycles. The first kappa shape index (κ1) is 38.9. The summed E-state index contributed by atoms with van der Waals surface area (Å²) in [5.41, 5.74) is -0.914. The van der Waals surface area contributed by atoms with Gasteiger partial charge in [-0.25, -0.2) is 26.5 Å². The maximum atomic E-state index is 13.4. The van der Waals surface area contributed by atoms with Gasteiger partial charge in [-0.15, -0.1) is 11.8 Å². The van der Waals surface area contributed by atoms with Crippen molar-refractivity contribution in [3.8, 4) is 0 Å². The minimum absolute atomic E-state index is 0.0343. The lowest BCUT2D eigenvalue weighted by Crippen LogP contribution is -2.31. The van der Waals surface area contributed by atoms with E-state index in [1.165, 1.54) is 6.07 Å². The first-order chi connectivity index (χ1) is 20.1. The molecular formula is C30H49N2O8PS3. The number of hydrogen-bond donors (Lipinski definition) is 1. The van der Waals surface area contributed by atoms with Crippen LogP contribution in [0, 0.1) is 5.92 Å². The maximum absolute atomic E-state index is 13.4. The topological polar surface area (TPSA) is 142 Å². The predicted octanol–water partition coefficient (Wildman–Crippen LogP) is 6.16. The largest absolute Gasteiger partial charge is 0.475 e. The summed E-state index contributed by atoms with van der Waals surface area (Å²) in [5.74, 6) is 0.766. The van der Waals surface area contributed by atoms with E-state index < -0.39 is 38.9 Å². The van der Waals surface area contributed by atoms with Gasteiger partial charge >= 0.3 is 7.82 Å². The minimum Gasteiger partial charge on any atom is -0.301 e. The number of sulfone groups is 1. The van der Waals surface area contributed by atoms with Crippen molar-refractivity contribution in [2.24, 2.45) is 11.1 Å². The number of primary sulfonamides is 1. The summed E-state index contributed by atoms with van der Waals surface area (Å²) in [7, 11) is -11.6. The lowest BCUT2D eigenvalue weighted by atomic mass is 9.97. The van der Waals surface area contributed by atoms with Crippen molar-refractivity contribution in [3.05, 3.63) is 54.1 Å². The Morgan fingerprint density at radius 2 is 1.52 bits per heavy atom. The van der Waals surface area contributed by atoms with Gasteiger partial charge in [0.05, 0.1) is 27.6 Å². The number of rotatable bonds is 17.